The van der Waals surface area contributed by atoms with Crippen molar-refractivity contribution in [3.05, 3.63) is 101 Å². The molecule has 0 aliphatic carbocycles. The topological polar surface area (TPSA) is 98.8 Å². The van der Waals surface area contributed by atoms with Gasteiger partial charge >= 0.3 is 5.97 Å². The number of rotatable bonds is 5. The van der Waals surface area contributed by atoms with Crippen molar-refractivity contribution in [2.24, 2.45) is 0 Å². The van der Waals surface area contributed by atoms with Crippen LogP contribution in [0.25, 0.3) is 11.3 Å². The maximum atomic E-state index is 11.7. The number of carboxylic acids is 1. The number of phenolic OH excluding ortho intramolecular Hbond substituents is 1. The number of carboxylic acid groups (broad SMARTS) is 1. The summed E-state index contributed by atoms with van der Waals surface area (Å²) in [6.45, 7) is 0. The summed E-state index contributed by atoms with van der Waals surface area (Å²) in [4.78, 5) is 17.9. The number of anilines is 1. The number of phenols is 1. The van der Waals surface area contributed by atoms with Crippen LogP contribution in [0, 0.1) is 0 Å². The van der Waals surface area contributed by atoms with E-state index in [1.165, 1.54) is 12.1 Å². The number of benzene rings is 2. The summed E-state index contributed by atoms with van der Waals surface area (Å²) in [7, 11) is 0. The van der Waals surface area contributed by atoms with Gasteiger partial charge in [-0.2, -0.15) is 0 Å². The number of carbonyl (C=O) groups is 1. The number of furan rings is 1. The standard InChI is InChI=1S/C25H18ClN3O4S/c26-14-8-9-19(30)18(13-14)29-23(22(28-25(29)34)17-7-3-4-12-27-17)21-11-10-20(33-21)15-5-1-2-6-16(15)24(31)32/h1-13,22-23,30H,(H,28,34)(H,31,32)/t22-,23-/m0/s1. The van der Waals surface area contributed by atoms with E-state index in [0.717, 1.165) is 5.69 Å². The Bertz CT molecular complexity index is 1390. The molecule has 1 aliphatic heterocycles. The van der Waals surface area contributed by atoms with E-state index in [4.69, 9.17) is 28.2 Å². The number of hydrogen-bond acceptors (Lipinski definition) is 5. The van der Waals surface area contributed by atoms with E-state index < -0.39 is 18.1 Å². The van der Waals surface area contributed by atoms with Crippen molar-refractivity contribution in [2.75, 3.05) is 4.90 Å². The molecule has 0 spiro atoms. The van der Waals surface area contributed by atoms with Gasteiger partial charge in [0, 0.05) is 16.8 Å². The summed E-state index contributed by atoms with van der Waals surface area (Å²) in [5, 5.41) is 24.3. The number of thiocarbonyl (C=S) groups is 1. The van der Waals surface area contributed by atoms with Gasteiger partial charge in [-0.15, -0.1) is 0 Å². The molecule has 1 aliphatic rings. The third kappa shape index (κ3) is 3.87. The summed E-state index contributed by atoms with van der Waals surface area (Å²) >= 11 is 11.9. The lowest BCUT2D eigenvalue weighted by Gasteiger charge is -2.26. The Kier molecular flexibility index (Phi) is 5.69. The molecule has 0 amide bonds. The van der Waals surface area contributed by atoms with E-state index in [0.29, 0.717) is 32.9 Å². The molecule has 3 N–H and O–H groups in total. The summed E-state index contributed by atoms with van der Waals surface area (Å²) in [6.07, 6.45) is 1.69. The minimum absolute atomic E-state index is 0.00298. The molecule has 5 rings (SSSR count). The van der Waals surface area contributed by atoms with Crippen molar-refractivity contribution < 1.29 is 19.4 Å². The second-order valence-electron chi connectivity index (χ2n) is 7.68. The fourth-order valence-electron chi connectivity index (χ4n) is 4.13. The molecule has 34 heavy (non-hydrogen) atoms. The molecule has 0 saturated carbocycles. The number of nitrogens with zero attached hydrogens (tertiary/aromatic N) is 2. The van der Waals surface area contributed by atoms with E-state index in [1.54, 1.807) is 53.6 Å². The van der Waals surface area contributed by atoms with Crippen molar-refractivity contribution in [2.45, 2.75) is 12.1 Å². The SMILES string of the molecule is O=C(O)c1ccccc1-c1ccc([C@H]2[C@H](c3ccccn3)NC(=S)N2c2cc(Cl)ccc2O)o1. The zero-order valence-electron chi connectivity index (χ0n) is 17.6. The van der Waals surface area contributed by atoms with Crippen molar-refractivity contribution in [3.8, 4) is 17.1 Å². The molecule has 4 aromatic rings. The Balaban J connectivity index is 1.65. The fourth-order valence-corrected chi connectivity index (χ4v) is 4.64. The van der Waals surface area contributed by atoms with Crippen LogP contribution in [0.15, 0.2) is 83.4 Å². The number of nitrogens with one attached hydrogen (secondary N) is 1. The Morgan fingerprint density at radius 3 is 2.65 bits per heavy atom. The van der Waals surface area contributed by atoms with E-state index in [1.807, 2.05) is 18.2 Å². The summed E-state index contributed by atoms with van der Waals surface area (Å²) < 4.78 is 6.22. The number of halogens is 1. The molecule has 170 valence electrons. The van der Waals surface area contributed by atoms with Gasteiger partial charge in [0.2, 0.25) is 0 Å². The monoisotopic (exact) mass is 491 g/mol. The zero-order chi connectivity index (χ0) is 23.8. The number of aromatic carboxylic acids is 1. The maximum Gasteiger partial charge on any atom is 0.336 e. The first-order valence-corrected chi connectivity index (χ1v) is 11.1. The van der Waals surface area contributed by atoms with Crippen molar-refractivity contribution in [3.63, 3.8) is 0 Å². The van der Waals surface area contributed by atoms with Gasteiger partial charge in [-0.05, 0) is 60.7 Å². The first kappa shape index (κ1) is 21.9. The Labute approximate surface area is 205 Å². The van der Waals surface area contributed by atoms with Crippen LogP contribution in [0.4, 0.5) is 5.69 Å². The molecule has 2 aromatic heterocycles. The van der Waals surface area contributed by atoms with Crippen LogP contribution in [-0.2, 0) is 0 Å². The summed E-state index contributed by atoms with van der Waals surface area (Å²) in [5.41, 5.74) is 1.73. The number of pyridine rings is 1. The smallest absolute Gasteiger partial charge is 0.336 e. The molecule has 2 atom stereocenters. The van der Waals surface area contributed by atoms with Gasteiger partial charge in [0.15, 0.2) is 5.11 Å². The second-order valence-corrected chi connectivity index (χ2v) is 8.51. The molecule has 0 unspecified atom stereocenters. The lowest BCUT2D eigenvalue weighted by Crippen LogP contribution is -2.29. The van der Waals surface area contributed by atoms with Gasteiger partial charge < -0.3 is 24.8 Å². The highest BCUT2D eigenvalue weighted by Gasteiger charge is 2.43. The van der Waals surface area contributed by atoms with Gasteiger partial charge in [0.25, 0.3) is 0 Å². The first-order valence-electron chi connectivity index (χ1n) is 10.4. The third-order valence-corrected chi connectivity index (χ3v) is 6.19. The van der Waals surface area contributed by atoms with Crippen LogP contribution in [0.2, 0.25) is 5.02 Å². The van der Waals surface area contributed by atoms with Crippen molar-refractivity contribution in [1.82, 2.24) is 10.3 Å². The van der Waals surface area contributed by atoms with Crippen LogP contribution < -0.4 is 10.2 Å². The minimum atomic E-state index is -1.05. The van der Waals surface area contributed by atoms with Gasteiger partial charge in [-0.25, -0.2) is 4.79 Å². The van der Waals surface area contributed by atoms with Gasteiger partial charge in [0.1, 0.15) is 23.3 Å². The third-order valence-electron chi connectivity index (χ3n) is 5.64. The fraction of sp³-hybridized carbons (Fsp3) is 0.0800. The molecule has 0 radical (unpaired) electrons. The first-order chi connectivity index (χ1) is 16.4. The maximum absolute atomic E-state index is 11.7. The average Bonchev–Trinajstić information content (AvgIpc) is 3.46. The molecular weight excluding hydrogens is 474 g/mol. The molecule has 0 bridgehead atoms. The zero-order valence-corrected chi connectivity index (χ0v) is 19.1. The molecule has 2 aromatic carbocycles. The van der Waals surface area contributed by atoms with Crippen LogP contribution in [0.3, 0.4) is 0 Å². The van der Waals surface area contributed by atoms with Gasteiger partial charge in [0.05, 0.1) is 23.0 Å². The Hall–Kier alpha value is -3.88. The highest BCUT2D eigenvalue weighted by molar-refractivity contribution is 7.80. The number of aromatic nitrogens is 1. The molecule has 7 nitrogen and oxygen atoms in total. The molecule has 3 heterocycles. The lowest BCUT2D eigenvalue weighted by atomic mass is 10.0. The van der Waals surface area contributed by atoms with Crippen LogP contribution in [-0.4, -0.2) is 26.3 Å². The normalized spacial score (nSPS) is 17.6. The Morgan fingerprint density at radius 1 is 1.09 bits per heavy atom. The molecule has 1 fully saturated rings. The largest absolute Gasteiger partial charge is 0.506 e. The van der Waals surface area contributed by atoms with Crippen LogP contribution in [0.5, 0.6) is 5.75 Å². The van der Waals surface area contributed by atoms with Crippen LogP contribution >= 0.6 is 23.8 Å². The predicted octanol–water partition coefficient (Wildman–Crippen LogP) is 5.58. The summed E-state index contributed by atoms with van der Waals surface area (Å²) in [6, 6.07) is 19.5. The second kappa shape index (κ2) is 8.81. The molecule has 1 saturated heterocycles. The van der Waals surface area contributed by atoms with E-state index in [-0.39, 0.29) is 11.3 Å². The molecular formula is C25H18ClN3O4S. The predicted molar refractivity (Wildman–Crippen MR) is 132 cm³/mol. The van der Waals surface area contributed by atoms with E-state index in [2.05, 4.69) is 10.3 Å². The highest BCUT2D eigenvalue weighted by atomic mass is 35.5. The minimum Gasteiger partial charge on any atom is -0.506 e. The highest BCUT2D eigenvalue weighted by Crippen LogP contribution is 2.46. The summed E-state index contributed by atoms with van der Waals surface area (Å²) in [5.74, 6) is -0.129. The number of aromatic hydroxyl groups is 1. The van der Waals surface area contributed by atoms with Crippen molar-refractivity contribution >= 4 is 40.6 Å². The Morgan fingerprint density at radius 2 is 1.88 bits per heavy atom. The van der Waals surface area contributed by atoms with Gasteiger partial charge in [-0.3, -0.25) is 4.98 Å². The average molecular weight is 492 g/mol. The van der Waals surface area contributed by atoms with Gasteiger partial charge in [-0.1, -0.05) is 35.9 Å². The van der Waals surface area contributed by atoms with Crippen LogP contribution in [0.1, 0.15) is 33.9 Å². The van der Waals surface area contributed by atoms with E-state index >= 15 is 0 Å². The molecule has 9 heteroatoms. The quantitative estimate of drug-likeness (QED) is 0.311. The van der Waals surface area contributed by atoms with Crippen molar-refractivity contribution in [1.29, 1.82) is 0 Å². The number of hydrogen-bond donors (Lipinski definition) is 3. The lowest BCUT2D eigenvalue weighted by molar-refractivity contribution is 0.0697. The van der Waals surface area contributed by atoms with E-state index in [9.17, 15) is 15.0 Å².